The van der Waals surface area contributed by atoms with E-state index >= 15 is 0 Å². The first-order valence-electron chi connectivity index (χ1n) is 6.25. The van der Waals surface area contributed by atoms with Crippen LogP contribution in [-0.2, 0) is 6.54 Å². The van der Waals surface area contributed by atoms with Gasteiger partial charge >= 0.3 is 0 Å². The molecule has 0 unspecified atom stereocenters. The third-order valence-electron chi connectivity index (χ3n) is 2.79. The van der Waals surface area contributed by atoms with Crippen molar-refractivity contribution < 1.29 is 0 Å². The number of hydrogen-bond acceptors (Lipinski definition) is 4. The first-order chi connectivity index (χ1) is 9.20. The molecule has 1 N–H and O–H groups in total. The van der Waals surface area contributed by atoms with Crippen LogP contribution in [-0.4, -0.2) is 9.97 Å². The van der Waals surface area contributed by atoms with E-state index in [0.717, 1.165) is 11.4 Å². The number of nitrogens with one attached hydrogen (secondary N) is 1. The summed E-state index contributed by atoms with van der Waals surface area (Å²) in [5, 5.41) is 12.3. The Kier molecular flexibility index (Phi) is 4.09. The van der Waals surface area contributed by atoms with Gasteiger partial charge in [0.25, 0.3) is 0 Å². The van der Waals surface area contributed by atoms with Crippen LogP contribution in [0.1, 0.15) is 36.7 Å². The van der Waals surface area contributed by atoms with Crippen molar-refractivity contribution in [2.75, 3.05) is 5.32 Å². The molecule has 2 aromatic heterocycles. The van der Waals surface area contributed by atoms with E-state index in [1.54, 1.807) is 6.20 Å². The number of rotatable bonds is 4. The summed E-state index contributed by atoms with van der Waals surface area (Å²) in [5.74, 6) is 0.961. The van der Waals surface area contributed by atoms with Gasteiger partial charge in [-0.05, 0) is 30.2 Å². The number of pyridine rings is 2. The normalized spacial score (nSPS) is 10.2. The lowest BCUT2D eigenvalue weighted by Crippen LogP contribution is -2.06. The molecule has 0 aliphatic carbocycles. The molecule has 19 heavy (non-hydrogen) atoms. The first kappa shape index (κ1) is 13.0. The van der Waals surface area contributed by atoms with E-state index in [4.69, 9.17) is 5.26 Å². The number of nitrogens with zero attached hydrogens (tertiary/aromatic N) is 3. The van der Waals surface area contributed by atoms with E-state index in [9.17, 15) is 0 Å². The monoisotopic (exact) mass is 252 g/mol. The molecular formula is C15H16N4. The van der Waals surface area contributed by atoms with Gasteiger partial charge in [0.15, 0.2) is 0 Å². The second kappa shape index (κ2) is 5.96. The molecule has 0 aliphatic rings. The Morgan fingerprint density at radius 2 is 2.11 bits per heavy atom. The van der Waals surface area contributed by atoms with Crippen molar-refractivity contribution in [1.82, 2.24) is 9.97 Å². The molecular weight excluding hydrogens is 236 g/mol. The molecule has 0 saturated carbocycles. The number of aromatic nitrogens is 2. The van der Waals surface area contributed by atoms with Crippen molar-refractivity contribution in [2.45, 2.75) is 26.3 Å². The van der Waals surface area contributed by atoms with Crippen LogP contribution in [0, 0.1) is 11.3 Å². The quantitative estimate of drug-likeness (QED) is 0.908. The van der Waals surface area contributed by atoms with Gasteiger partial charge in [0.05, 0.1) is 17.8 Å². The largest absolute Gasteiger partial charge is 0.363 e. The molecule has 0 bridgehead atoms. The topological polar surface area (TPSA) is 61.6 Å². The van der Waals surface area contributed by atoms with Crippen LogP contribution in [0.25, 0.3) is 0 Å². The molecule has 0 spiro atoms. The van der Waals surface area contributed by atoms with Gasteiger partial charge in [-0.2, -0.15) is 5.26 Å². The third-order valence-corrected chi connectivity index (χ3v) is 2.79. The fraction of sp³-hybridized carbons (Fsp3) is 0.267. The van der Waals surface area contributed by atoms with E-state index < -0.39 is 0 Å². The lowest BCUT2D eigenvalue weighted by Gasteiger charge is -2.10. The van der Waals surface area contributed by atoms with E-state index in [-0.39, 0.29) is 0 Å². The highest BCUT2D eigenvalue weighted by atomic mass is 15.0. The maximum Gasteiger partial charge on any atom is 0.144 e. The van der Waals surface area contributed by atoms with Crippen molar-refractivity contribution in [3.8, 4) is 6.07 Å². The van der Waals surface area contributed by atoms with Gasteiger partial charge in [-0.15, -0.1) is 0 Å². The third kappa shape index (κ3) is 3.29. The molecule has 4 heteroatoms. The second-order valence-electron chi connectivity index (χ2n) is 4.57. The fourth-order valence-electron chi connectivity index (χ4n) is 1.70. The van der Waals surface area contributed by atoms with Gasteiger partial charge in [-0.25, -0.2) is 4.98 Å². The summed E-state index contributed by atoms with van der Waals surface area (Å²) in [6.45, 7) is 4.72. The van der Waals surface area contributed by atoms with Crippen LogP contribution in [0.2, 0.25) is 0 Å². The van der Waals surface area contributed by atoms with Crippen LogP contribution in [0.15, 0.2) is 36.5 Å². The summed E-state index contributed by atoms with van der Waals surface area (Å²) in [6.07, 6.45) is 1.75. The maximum absolute atomic E-state index is 9.10. The highest BCUT2D eigenvalue weighted by molar-refractivity contribution is 5.52. The lowest BCUT2D eigenvalue weighted by atomic mass is 10.1. The highest BCUT2D eigenvalue weighted by Crippen LogP contribution is 2.18. The second-order valence-corrected chi connectivity index (χ2v) is 4.57. The number of nitriles is 1. The Balaban J connectivity index is 2.19. The molecule has 0 radical (unpaired) electrons. The van der Waals surface area contributed by atoms with Gasteiger partial charge in [0.1, 0.15) is 11.9 Å². The number of hydrogen-bond donors (Lipinski definition) is 1. The minimum Gasteiger partial charge on any atom is -0.363 e. The SMILES string of the molecule is CC(C)c1ccc(C#N)c(NCc2ccccn2)n1. The molecule has 0 saturated heterocycles. The van der Waals surface area contributed by atoms with Crippen molar-refractivity contribution in [3.63, 3.8) is 0 Å². The molecule has 0 atom stereocenters. The summed E-state index contributed by atoms with van der Waals surface area (Å²) < 4.78 is 0. The molecule has 0 amide bonds. The molecule has 0 aromatic carbocycles. The van der Waals surface area contributed by atoms with Crippen LogP contribution >= 0.6 is 0 Å². The van der Waals surface area contributed by atoms with Gasteiger partial charge in [0, 0.05) is 11.9 Å². The van der Waals surface area contributed by atoms with Crippen molar-refractivity contribution >= 4 is 5.82 Å². The van der Waals surface area contributed by atoms with E-state index in [0.29, 0.717) is 23.8 Å². The smallest absolute Gasteiger partial charge is 0.144 e. The fourth-order valence-corrected chi connectivity index (χ4v) is 1.70. The Hall–Kier alpha value is -2.41. The maximum atomic E-state index is 9.10. The Morgan fingerprint density at radius 3 is 2.74 bits per heavy atom. The zero-order chi connectivity index (χ0) is 13.7. The first-order valence-corrected chi connectivity index (χ1v) is 6.25. The van der Waals surface area contributed by atoms with Crippen molar-refractivity contribution in [3.05, 3.63) is 53.5 Å². The summed E-state index contributed by atoms with van der Waals surface area (Å²) in [5.41, 5.74) is 2.45. The molecule has 0 fully saturated rings. The van der Waals surface area contributed by atoms with Gasteiger partial charge < -0.3 is 5.32 Å². The van der Waals surface area contributed by atoms with Crippen molar-refractivity contribution in [1.29, 1.82) is 5.26 Å². The molecule has 4 nitrogen and oxygen atoms in total. The Labute approximate surface area is 113 Å². The summed E-state index contributed by atoms with van der Waals surface area (Å²) in [7, 11) is 0. The predicted octanol–water partition coefficient (Wildman–Crippen LogP) is 3.08. The summed E-state index contributed by atoms with van der Waals surface area (Å²) in [6, 6.07) is 11.6. The summed E-state index contributed by atoms with van der Waals surface area (Å²) >= 11 is 0. The van der Waals surface area contributed by atoms with Crippen LogP contribution < -0.4 is 5.32 Å². The minimum absolute atomic E-state index is 0.336. The molecule has 0 aliphatic heterocycles. The molecule has 2 rings (SSSR count). The predicted molar refractivity (Wildman–Crippen MR) is 74.6 cm³/mol. The summed E-state index contributed by atoms with van der Waals surface area (Å²) in [4.78, 5) is 8.73. The number of anilines is 1. The van der Waals surface area contributed by atoms with Crippen LogP contribution in [0.4, 0.5) is 5.82 Å². The zero-order valence-electron chi connectivity index (χ0n) is 11.1. The highest BCUT2D eigenvalue weighted by Gasteiger charge is 2.07. The average Bonchev–Trinajstić information content (AvgIpc) is 2.45. The Bertz CT molecular complexity index is 585. The van der Waals surface area contributed by atoms with E-state index in [1.165, 1.54) is 0 Å². The average molecular weight is 252 g/mol. The van der Waals surface area contributed by atoms with Gasteiger partial charge in [0.2, 0.25) is 0 Å². The minimum atomic E-state index is 0.336. The molecule has 2 heterocycles. The van der Waals surface area contributed by atoms with Gasteiger partial charge in [-0.3, -0.25) is 4.98 Å². The van der Waals surface area contributed by atoms with E-state index in [1.807, 2.05) is 30.3 Å². The zero-order valence-corrected chi connectivity index (χ0v) is 11.1. The standard InChI is InChI=1S/C15H16N4/c1-11(2)14-7-6-12(9-16)15(19-14)18-10-13-5-3-4-8-17-13/h3-8,11H,10H2,1-2H3,(H,18,19). The lowest BCUT2D eigenvalue weighted by molar-refractivity contribution is 0.821. The molecule has 2 aromatic rings. The Morgan fingerprint density at radius 1 is 1.26 bits per heavy atom. The van der Waals surface area contributed by atoms with Crippen molar-refractivity contribution in [2.24, 2.45) is 0 Å². The van der Waals surface area contributed by atoms with E-state index in [2.05, 4.69) is 35.2 Å². The van der Waals surface area contributed by atoms with Crippen LogP contribution in [0.5, 0.6) is 0 Å². The molecule has 96 valence electrons. The van der Waals surface area contributed by atoms with Crippen LogP contribution in [0.3, 0.4) is 0 Å². The van der Waals surface area contributed by atoms with Gasteiger partial charge in [-0.1, -0.05) is 19.9 Å².